The van der Waals surface area contributed by atoms with Crippen LogP contribution in [0.2, 0.25) is 0 Å². The number of carbonyl (C=O) groups excluding carboxylic acids is 1. The van der Waals surface area contributed by atoms with Gasteiger partial charge in [-0.3, -0.25) is 4.79 Å². The summed E-state index contributed by atoms with van der Waals surface area (Å²) in [6, 6.07) is 3.27. The van der Waals surface area contributed by atoms with Crippen molar-refractivity contribution < 1.29 is 13.6 Å². The molecule has 5 nitrogen and oxygen atoms in total. The number of nitrogens with one attached hydrogen (secondary N) is 2. The van der Waals surface area contributed by atoms with Crippen molar-refractivity contribution >= 4 is 23.7 Å². The largest absolute Gasteiger partial charge is 0.386 e. The molecular weight excluding hydrogens is 372 g/mol. The van der Waals surface area contributed by atoms with Crippen LogP contribution >= 0.6 is 11.8 Å². The number of aryl methyl sites for hydroxylation is 1. The van der Waals surface area contributed by atoms with Crippen molar-refractivity contribution in [2.24, 2.45) is 0 Å². The molecule has 1 aromatic carbocycles. The monoisotopic (exact) mass is 397 g/mol. The Morgan fingerprint density at radius 1 is 1.26 bits per heavy atom. The fourth-order valence-corrected chi connectivity index (χ4v) is 3.12. The first kappa shape index (κ1) is 22.8. The van der Waals surface area contributed by atoms with Crippen molar-refractivity contribution in [3.8, 4) is 0 Å². The Bertz CT molecular complexity index is 797. The maximum Gasteiger partial charge on any atom is 0.254 e. The average Bonchev–Trinajstić information content (AvgIpc) is 2.67. The van der Waals surface area contributed by atoms with Gasteiger partial charge in [-0.15, -0.1) is 0 Å². The number of aldehydes is 1. The normalized spacial score (nSPS) is 10.1. The molecule has 0 radical (unpaired) electrons. The molecule has 27 heavy (non-hydrogen) atoms. The van der Waals surface area contributed by atoms with E-state index < -0.39 is 11.6 Å². The lowest BCUT2D eigenvalue weighted by Gasteiger charge is -2.06. The van der Waals surface area contributed by atoms with Crippen LogP contribution in [0.1, 0.15) is 37.9 Å². The third kappa shape index (κ3) is 7.50. The van der Waals surface area contributed by atoms with Gasteiger partial charge in [-0.1, -0.05) is 25.6 Å². The molecule has 2 N–H and O–H groups in total. The summed E-state index contributed by atoms with van der Waals surface area (Å²) in [6.07, 6.45) is 3.77. The summed E-state index contributed by atoms with van der Waals surface area (Å²) < 4.78 is 24.9. The summed E-state index contributed by atoms with van der Waals surface area (Å²) in [5.41, 5.74) is 1.82. The summed E-state index contributed by atoms with van der Waals surface area (Å²) in [5.74, 6) is -0.0781. The number of thioether (sulfide) groups is 1. The first-order chi connectivity index (χ1) is 13.0. The van der Waals surface area contributed by atoms with E-state index in [2.05, 4.69) is 15.3 Å². The number of hydrogen-bond acceptors (Lipinski definition) is 5. The highest BCUT2D eigenvalue weighted by molar-refractivity contribution is 7.99. The van der Waals surface area contributed by atoms with E-state index in [1.165, 1.54) is 18.8 Å². The van der Waals surface area contributed by atoms with Gasteiger partial charge in [0.1, 0.15) is 17.9 Å². The molecule has 0 aliphatic carbocycles. The van der Waals surface area contributed by atoms with E-state index in [4.69, 9.17) is 0 Å². The molecule has 0 atom stereocenters. The molecular formula is C19H25F2N3O2S. The number of rotatable bonds is 8. The van der Waals surface area contributed by atoms with Crippen LogP contribution in [0.4, 0.5) is 14.5 Å². The molecule has 8 heteroatoms. The Morgan fingerprint density at radius 3 is 2.56 bits per heavy atom. The van der Waals surface area contributed by atoms with Crippen LogP contribution in [0.25, 0.3) is 0 Å². The minimum atomic E-state index is -0.441. The van der Waals surface area contributed by atoms with E-state index in [-0.39, 0.29) is 11.2 Å². The Kier molecular flexibility index (Phi) is 10.3. The van der Waals surface area contributed by atoms with Crippen molar-refractivity contribution in [1.82, 2.24) is 9.97 Å². The first-order valence-corrected chi connectivity index (χ1v) is 9.76. The Morgan fingerprint density at radius 2 is 2.00 bits per heavy atom. The average molecular weight is 397 g/mol. The highest BCUT2D eigenvalue weighted by atomic mass is 32.2. The molecule has 148 valence electrons. The number of halogens is 2. The summed E-state index contributed by atoms with van der Waals surface area (Å²) >= 11 is 1.50. The van der Waals surface area contributed by atoms with Crippen LogP contribution in [0.5, 0.6) is 0 Å². The summed E-state index contributed by atoms with van der Waals surface area (Å²) in [5, 5.41) is 3.18. The maximum absolute atomic E-state index is 12.5. The number of carbonyl (C=O) groups is 1. The third-order valence-corrected chi connectivity index (χ3v) is 4.63. The maximum atomic E-state index is 12.5. The molecule has 0 spiro atoms. The van der Waals surface area contributed by atoms with Crippen LogP contribution < -0.4 is 10.9 Å². The number of aromatic amines is 1. The smallest absolute Gasteiger partial charge is 0.254 e. The fraction of sp³-hybridized carbons (Fsp3) is 0.421. The number of benzene rings is 1. The highest BCUT2D eigenvalue weighted by Crippen LogP contribution is 2.15. The molecule has 0 aliphatic heterocycles. The SMILES string of the molecule is CCc1nc(SCCCC=O)[nH]c(=O)c1CC.CNc1cc(F)ccc1F. The van der Waals surface area contributed by atoms with Crippen LogP contribution in [-0.2, 0) is 17.6 Å². The van der Waals surface area contributed by atoms with E-state index in [1.807, 2.05) is 13.8 Å². The van der Waals surface area contributed by atoms with Gasteiger partial charge in [0.2, 0.25) is 0 Å². The predicted molar refractivity (Wildman–Crippen MR) is 106 cm³/mol. The van der Waals surface area contributed by atoms with Crippen LogP contribution in [0.3, 0.4) is 0 Å². The summed E-state index contributed by atoms with van der Waals surface area (Å²) in [7, 11) is 1.54. The molecule has 0 bridgehead atoms. The molecule has 0 fully saturated rings. The summed E-state index contributed by atoms with van der Waals surface area (Å²) in [4.78, 5) is 29.2. The second-order valence-electron chi connectivity index (χ2n) is 5.53. The van der Waals surface area contributed by atoms with Gasteiger partial charge >= 0.3 is 0 Å². The Labute approximate surface area is 162 Å². The van der Waals surface area contributed by atoms with Crippen molar-refractivity contribution in [2.75, 3.05) is 18.1 Å². The van der Waals surface area contributed by atoms with Crippen molar-refractivity contribution in [2.45, 2.75) is 44.7 Å². The van der Waals surface area contributed by atoms with Crippen LogP contribution in [0.15, 0.2) is 28.2 Å². The Hall–Kier alpha value is -2.22. The molecule has 0 aliphatic rings. The van der Waals surface area contributed by atoms with E-state index in [9.17, 15) is 18.4 Å². The minimum absolute atomic E-state index is 0.0303. The van der Waals surface area contributed by atoms with Crippen LogP contribution in [-0.4, -0.2) is 29.1 Å². The molecule has 0 amide bonds. The van der Waals surface area contributed by atoms with Gasteiger partial charge in [0.05, 0.1) is 11.4 Å². The number of H-pyrrole nitrogens is 1. The van der Waals surface area contributed by atoms with E-state index in [0.29, 0.717) is 18.0 Å². The lowest BCUT2D eigenvalue weighted by Crippen LogP contribution is -2.17. The van der Waals surface area contributed by atoms with E-state index in [1.54, 1.807) is 0 Å². The first-order valence-electron chi connectivity index (χ1n) is 8.78. The van der Waals surface area contributed by atoms with Gasteiger partial charge in [-0.05, 0) is 37.5 Å². The molecule has 0 saturated carbocycles. The quantitative estimate of drug-likeness (QED) is 0.305. The van der Waals surface area contributed by atoms with Crippen molar-refractivity contribution in [1.29, 1.82) is 0 Å². The molecule has 0 unspecified atom stereocenters. The molecule has 1 heterocycles. The zero-order valence-electron chi connectivity index (χ0n) is 15.8. The molecule has 1 aromatic heterocycles. The third-order valence-electron chi connectivity index (χ3n) is 3.67. The van der Waals surface area contributed by atoms with Gasteiger partial charge in [-0.2, -0.15) is 0 Å². The fourth-order valence-electron chi connectivity index (χ4n) is 2.27. The topological polar surface area (TPSA) is 74.8 Å². The number of aromatic nitrogens is 2. The predicted octanol–water partition coefficient (Wildman–Crippen LogP) is 3.97. The van der Waals surface area contributed by atoms with Gasteiger partial charge in [0, 0.05) is 24.8 Å². The Balaban J connectivity index is 0.000000309. The lowest BCUT2D eigenvalue weighted by atomic mass is 10.1. The zero-order chi connectivity index (χ0) is 20.2. The zero-order valence-corrected chi connectivity index (χ0v) is 16.6. The minimum Gasteiger partial charge on any atom is -0.386 e. The van der Waals surface area contributed by atoms with Gasteiger partial charge in [-0.25, -0.2) is 13.8 Å². The highest BCUT2D eigenvalue weighted by Gasteiger charge is 2.08. The van der Waals surface area contributed by atoms with Crippen LogP contribution in [0, 0.1) is 11.6 Å². The standard InChI is InChI=1S/C12H18N2O2S.C7H7F2N/c1-3-9-10(4-2)13-12(14-11(9)16)17-8-6-5-7-15;1-10-7-4-5(8)2-3-6(7)9/h7H,3-6,8H2,1-2H3,(H,13,14,16);2-4,10H,1H3. The molecule has 2 rings (SSSR count). The van der Waals surface area contributed by atoms with E-state index in [0.717, 1.165) is 54.3 Å². The summed E-state index contributed by atoms with van der Waals surface area (Å²) in [6.45, 7) is 3.96. The molecule has 2 aromatic rings. The number of anilines is 1. The van der Waals surface area contributed by atoms with Gasteiger partial charge in [0.15, 0.2) is 5.16 Å². The number of hydrogen-bond donors (Lipinski definition) is 2. The number of nitrogens with zero attached hydrogens (tertiary/aromatic N) is 1. The second-order valence-corrected chi connectivity index (χ2v) is 6.62. The van der Waals surface area contributed by atoms with Gasteiger partial charge in [0.25, 0.3) is 5.56 Å². The lowest BCUT2D eigenvalue weighted by molar-refractivity contribution is -0.107. The second kappa shape index (κ2) is 12.2. The van der Waals surface area contributed by atoms with E-state index >= 15 is 0 Å². The van der Waals surface area contributed by atoms with Gasteiger partial charge < -0.3 is 15.1 Å². The molecule has 0 saturated heterocycles. The number of unbranched alkanes of at least 4 members (excludes halogenated alkanes) is 1. The van der Waals surface area contributed by atoms with Crippen molar-refractivity contribution in [3.05, 3.63) is 51.4 Å². The van der Waals surface area contributed by atoms with Crippen molar-refractivity contribution in [3.63, 3.8) is 0 Å².